The monoisotopic (exact) mass is 311 g/mol. The molecule has 0 unspecified atom stereocenters. The molecule has 1 N–H and O–H groups in total. The SMILES string of the molecule is CCOc1cc2c(cc1OCC)[C@H](c1ccccc1C)NCC2. The lowest BCUT2D eigenvalue weighted by Crippen LogP contribution is -2.31. The molecule has 1 atom stereocenters. The Balaban J connectivity index is 2.07. The molecule has 122 valence electrons. The van der Waals surface area contributed by atoms with Gasteiger partial charge in [-0.15, -0.1) is 0 Å². The molecule has 0 amide bonds. The molecule has 0 radical (unpaired) electrons. The number of aryl methyl sites for hydroxylation is 1. The van der Waals surface area contributed by atoms with Crippen LogP contribution in [0.1, 0.15) is 42.1 Å². The highest BCUT2D eigenvalue weighted by Gasteiger charge is 2.24. The van der Waals surface area contributed by atoms with Gasteiger partial charge in [-0.3, -0.25) is 0 Å². The number of hydrogen-bond donors (Lipinski definition) is 1. The molecule has 1 aliphatic heterocycles. The van der Waals surface area contributed by atoms with Crippen LogP contribution < -0.4 is 14.8 Å². The van der Waals surface area contributed by atoms with Crippen LogP contribution in [0, 0.1) is 6.92 Å². The molecule has 23 heavy (non-hydrogen) atoms. The number of nitrogens with one attached hydrogen (secondary N) is 1. The van der Waals surface area contributed by atoms with E-state index >= 15 is 0 Å². The number of ether oxygens (including phenoxy) is 2. The molecular formula is C20H25NO2. The zero-order chi connectivity index (χ0) is 16.2. The molecule has 0 aliphatic carbocycles. The number of rotatable bonds is 5. The maximum atomic E-state index is 5.82. The summed E-state index contributed by atoms with van der Waals surface area (Å²) in [6.45, 7) is 8.45. The van der Waals surface area contributed by atoms with Crippen molar-refractivity contribution in [2.45, 2.75) is 33.2 Å². The number of benzene rings is 2. The van der Waals surface area contributed by atoms with Crippen molar-refractivity contribution in [3.05, 3.63) is 58.7 Å². The number of hydrogen-bond acceptors (Lipinski definition) is 3. The fourth-order valence-electron chi connectivity index (χ4n) is 3.29. The fourth-order valence-corrected chi connectivity index (χ4v) is 3.29. The third kappa shape index (κ3) is 3.20. The normalized spacial score (nSPS) is 16.7. The van der Waals surface area contributed by atoms with Crippen LogP contribution in [0.4, 0.5) is 0 Å². The van der Waals surface area contributed by atoms with Crippen molar-refractivity contribution in [2.24, 2.45) is 0 Å². The highest BCUT2D eigenvalue weighted by atomic mass is 16.5. The van der Waals surface area contributed by atoms with Gasteiger partial charge >= 0.3 is 0 Å². The molecule has 3 rings (SSSR count). The maximum absolute atomic E-state index is 5.82. The smallest absolute Gasteiger partial charge is 0.161 e. The quantitative estimate of drug-likeness (QED) is 0.904. The zero-order valence-corrected chi connectivity index (χ0v) is 14.2. The van der Waals surface area contributed by atoms with Crippen molar-refractivity contribution in [3.8, 4) is 11.5 Å². The van der Waals surface area contributed by atoms with Gasteiger partial charge in [0.1, 0.15) is 0 Å². The first kappa shape index (κ1) is 15.9. The zero-order valence-electron chi connectivity index (χ0n) is 14.2. The van der Waals surface area contributed by atoms with Gasteiger partial charge in [-0.25, -0.2) is 0 Å². The van der Waals surface area contributed by atoms with Crippen LogP contribution in [0.3, 0.4) is 0 Å². The second kappa shape index (κ2) is 7.05. The third-order valence-electron chi connectivity index (χ3n) is 4.36. The molecular weight excluding hydrogens is 286 g/mol. The van der Waals surface area contributed by atoms with E-state index in [0.717, 1.165) is 24.5 Å². The van der Waals surface area contributed by atoms with E-state index in [4.69, 9.17) is 9.47 Å². The Morgan fingerprint density at radius 2 is 1.70 bits per heavy atom. The van der Waals surface area contributed by atoms with E-state index in [9.17, 15) is 0 Å². The Bertz CT molecular complexity index is 681. The van der Waals surface area contributed by atoms with Gasteiger partial charge in [0, 0.05) is 6.54 Å². The average Bonchev–Trinajstić information content (AvgIpc) is 2.56. The Morgan fingerprint density at radius 3 is 2.39 bits per heavy atom. The molecule has 1 aliphatic rings. The molecule has 2 aromatic rings. The summed E-state index contributed by atoms with van der Waals surface area (Å²) in [5, 5.41) is 3.66. The first-order valence-electron chi connectivity index (χ1n) is 8.45. The predicted octanol–water partition coefficient (Wildman–Crippen LogP) is 4.03. The minimum Gasteiger partial charge on any atom is -0.490 e. The molecule has 2 aromatic carbocycles. The minimum absolute atomic E-state index is 0.217. The molecule has 0 saturated heterocycles. The van der Waals surface area contributed by atoms with Crippen LogP contribution in [-0.2, 0) is 6.42 Å². The van der Waals surface area contributed by atoms with Crippen molar-refractivity contribution >= 4 is 0 Å². The first-order chi connectivity index (χ1) is 11.2. The van der Waals surface area contributed by atoms with Crippen LogP contribution in [0.2, 0.25) is 0 Å². The minimum atomic E-state index is 0.217. The maximum Gasteiger partial charge on any atom is 0.161 e. The Hall–Kier alpha value is -2.00. The predicted molar refractivity (Wildman–Crippen MR) is 93.5 cm³/mol. The molecule has 3 nitrogen and oxygen atoms in total. The van der Waals surface area contributed by atoms with Crippen LogP contribution >= 0.6 is 0 Å². The van der Waals surface area contributed by atoms with E-state index in [-0.39, 0.29) is 6.04 Å². The van der Waals surface area contributed by atoms with Gasteiger partial charge in [0.05, 0.1) is 19.3 Å². The largest absolute Gasteiger partial charge is 0.490 e. The highest BCUT2D eigenvalue weighted by molar-refractivity contribution is 5.52. The van der Waals surface area contributed by atoms with Crippen LogP contribution in [0.25, 0.3) is 0 Å². The van der Waals surface area contributed by atoms with Gasteiger partial charge in [0.15, 0.2) is 11.5 Å². The Labute approximate surface area is 138 Å². The van der Waals surface area contributed by atoms with E-state index in [1.165, 1.54) is 22.3 Å². The third-order valence-corrected chi connectivity index (χ3v) is 4.36. The molecule has 0 spiro atoms. The highest BCUT2D eigenvalue weighted by Crippen LogP contribution is 2.38. The molecule has 0 fully saturated rings. The molecule has 0 saturated carbocycles. The van der Waals surface area contributed by atoms with Crippen molar-refractivity contribution in [2.75, 3.05) is 19.8 Å². The first-order valence-corrected chi connectivity index (χ1v) is 8.45. The molecule has 1 heterocycles. The molecule has 3 heteroatoms. The summed E-state index contributed by atoms with van der Waals surface area (Å²) in [4.78, 5) is 0. The van der Waals surface area contributed by atoms with E-state index in [2.05, 4.69) is 48.6 Å². The summed E-state index contributed by atoms with van der Waals surface area (Å²) in [7, 11) is 0. The van der Waals surface area contributed by atoms with Crippen molar-refractivity contribution < 1.29 is 9.47 Å². The Morgan fingerprint density at radius 1 is 1.00 bits per heavy atom. The standard InChI is InChI=1S/C20H25NO2/c1-4-22-18-12-15-10-11-21-20(16-9-7-6-8-14(16)3)17(15)13-19(18)23-5-2/h6-9,12-13,20-21H,4-5,10-11H2,1-3H3/t20-/m0/s1. The van der Waals surface area contributed by atoms with E-state index in [0.29, 0.717) is 13.2 Å². The molecule has 0 aromatic heterocycles. The van der Waals surface area contributed by atoms with Gasteiger partial charge < -0.3 is 14.8 Å². The summed E-state index contributed by atoms with van der Waals surface area (Å²) in [6, 6.07) is 13.1. The summed E-state index contributed by atoms with van der Waals surface area (Å²) in [5.74, 6) is 1.70. The van der Waals surface area contributed by atoms with Gasteiger partial charge in [0.25, 0.3) is 0 Å². The van der Waals surface area contributed by atoms with Crippen LogP contribution in [-0.4, -0.2) is 19.8 Å². The van der Waals surface area contributed by atoms with E-state index in [1.807, 2.05) is 13.8 Å². The topological polar surface area (TPSA) is 30.5 Å². The van der Waals surface area contributed by atoms with Gasteiger partial charge in [0.2, 0.25) is 0 Å². The lowest BCUT2D eigenvalue weighted by molar-refractivity contribution is 0.286. The lowest BCUT2D eigenvalue weighted by atomic mass is 9.87. The Kier molecular flexibility index (Phi) is 4.87. The average molecular weight is 311 g/mol. The summed E-state index contributed by atoms with van der Waals surface area (Å²) in [5.41, 5.74) is 5.30. The van der Waals surface area contributed by atoms with Crippen LogP contribution in [0.5, 0.6) is 11.5 Å². The second-order valence-corrected chi connectivity index (χ2v) is 5.86. The van der Waals surface area contributed by atoms with E-state index < -0.39 is 0 Å². The van der Waals surface area contributed by atoms with Crippen molar-refractivity contribution in [1.29, 1.82) is 0 Å². The molecule has 0 bridgehead atoms. The van der Waals surface area contributed by atoms with Gasteiger partial charge in [-0.2, -0.15) is 0 Å². The summed E-state index contributed by atoms with van der Waals surface area (Å²) in [6.07, 6.45) is 1.02. The number of fused-ring (bicyclic) bond motifs is 1. The van der Waals surface area contributed by atoms with Gasteiger partial charge in [-0.1, -0.05) is 24.3 Å². The summed E-state index contributed by atoms with van der Waals surface area (Å²) >= 11 is 0. The van der Waals surface area contributed by atoms with Gasteiger partial charge in [-0.05, 0) is 61.6 Å². The van der Waals surface area contributed by atoms with E-state index in [1.54, 1.807) is 0 Å². The van der Waals surface area contributed by atoms with Crippen molar-refractivity contribution in [1.82, 2.24) is 5.32 Å². The second-order valence-electron chi connectivity index (χ2n) is 5.86. The lowest BCUT2D eigenvalue weighted by Gasteiger charge is -2.29. The van der Waals surface area contributed by atoms with Crippen LogP contribution in [0.15, 0.2) is 36.4 Å². The van der Waals surface area contributed by atoms with Crippen molar-refractivity contribution in [3.63, 3.8) is 0 Å². The summed E-state index contributed by atoms with van der Waals surface area (Å²) < 4.78 is 11.6. The fraction of sp³-hybridized carbons (Fsp3) is 0.400.